The third-order valence-corrected chi connectivity index (χ3v) is 0.552. The third kappa shape index (κ3) is 31.6. The molecule has 0 bridgehead atoms. The van der Waals surface area contributed by atoms with E-state index in [1.165, 1.54) is 0 Å². The Balaban J connectivity index is -0.0000000533. The van der Waals surface area contributed by atoms with Gasteiger partial charge in [0.05, 0.1) is 13.1 Å². The second-order valence-electron chi connectivity index (χ2n) is 1.39. The molecule has 0 fully saturated rings. The minimum absolute atomic E-state index is 0. The van der Waals surface area contributed by atoms with Crippen molar-refractivity contribution in [3.8, 4) is 0 Å². The number of carboxylic acid groups (broad SMARTS) is 2. The van der Waals surface area contributed by atoms with Crippen molar-refractivity contribution in [2.75, 3.05) is 13.1 Å². The van der Waals surface area contributed by atoms with Gasteiger partial charge in [-0.05, 0) is 0 Å². The van der Waals surface area contributed by atoms with Crippen LogP contribution in [0.5, 0.6) is 0 Å². The monoisotopic (exact) mass is 223 g/mol. The summed E-state index contributed by atoms with van der Waals surface area (Å²) in [5.74, 6) is -2.12. The zero-order chi connectivity index (χ0) is 7.28. The van der Waals surface area contributed by atoms with Gasteiger partial charge in [-0.3, -0.25) is 14.9 Å². The first-order valence-electron chi connectivity index (χ1n) is 2.27. The van der Waals surface area contributed by atoms with Gasteiger partial charge in [0.25, 0.3) is 0 Å². The van der Waals surface area contributed by atoms with Crippen LogP contribution in [-0.2, 0) is 9.59 Å². The molecule has 0 rings (SSSR count). The standard InChI is InChI=1S/C4H7NO4.3Na.H2O.3H/c6-3(7)1-5-2-4(8)9;;;;;;;/h5H,1-2H2,(H,6,7)(H,8,9);;;;1H2;;;. The SMILES string of the molecule is O.O=C(O)CNCC(=O)O.[NaH].[NaH].[NaH]. The summed E-state index contributed by atoms with van der Waals surface area (Å²) >= 11 is 0. The summed E-state index contributed by atoms with van der Waals surface area (Å²) in [6.45, 7) is -0.626. The number of aliphatic carboxylic acids is 2. The summed E-state index contributed by atoms with van der Waals surface area (Å²) in [7, 11) is 0. The Morgan fingerprint density at radius 3 is 1.31 bits per heavy atom. The molecule has 0 heterocycles. The van der Waals surface area contributed by atoms with E-state index >= 15 is 0 Å². The van der Waals surface area contributed by atoms with Crippen LogP contribution < -0.4 is 5.32 Å². The minimum atomic E-state index is -1.06. The van der Waals surface area contributed by atoms with Crippen molar-refractivity contribution in [3.63, 3.8) is 0 Å². The van der Waals surface area contributed by atoms with Crippen molar-refractivity contribution < 1.29 is 25.3 Å². The molecule has 0 saturated carbocycles. The molecule has 9 heteroatoms. The van der Waals surface area contributed by atoms with Gasteiger partial charge in [-0.2, -0.15) is 0 Å². The van der Waals surface area contributed by atoms with E-state index in [0.717, 1.165) is 0 Å². The van der Waals surface area contributed by atoms with Crippen LogP contribution in [0.4, 0.5) is 0 Å². The zero-order valence-corrected chi connectivity index (χ0v) is 5.13. The molecule has 0 aromatic rings. The van der Waals surface area contributed by atoms with Crippen LogP contribution in [0.2, 0.25) is 0 Å². The molecule has 0 aliphatic rings. The van der Waals surface area contributed by atoms with Crippen LogP contribution in [0.1, 0.15) is 0 Å². The number of carbonyl (C=O) groups is 2. The molecule has 0 atom stereocenters. The van der Waals surface area contributed by atoms with Gasteiger partial charge in [0.2, 0.25) is 0 Å². The molecule has 6 nitrogen and oxygen atoms in total. The fraction of sp³-hybridized carbons (Fsp3) is 0.500. The topological polar surface area (TPSA) is 118 Å². The summed E-state index contributed by atoms with van der Waals surface area (Å²) in [6, 6.07) is 0. The third-order valence-electron chi connectivity index (χ3n) is 0.552. The fourth-order valence-electron chi connectivity index (χ4n) is 0.276. The summed E-state index contributed by atoms with van der Waals surface area (Å²) in [5.41, 5.74) is 0. The van der Waals surface area contributed by atoms with Crippen molar-refractivity contribution >= 4 is 101 Å². The molecule has 0 amide bonds. The molecule has 5 N–H and O–H groups in total. The number of nitrogens with one attached hydrogen (secondary N) is 1. The molecule has 0 saturated heterocycles. The number of hydrogen-bond donors (Lipinski definition) is 3. The predicted molar refractivity (Wildman–Crippen MR) is 53.2 cm³/mol. The van der Waals surface area contributed by atoms with E-state index in [-0.39, 0.29) is 107 Å². The van der Waals surface area contributed by atoms with Crippen LogP contribution in [0.25, 0.3) is 0 Å². The van der Waals surface area contributed by atoms with E-state index in [0.29, 0.717) is 0 Å². The molecule has 0 aliphatic carbocycles. The van der Waals surface area contributed by atoms with E-state index in [9.17, 15) is 9.59 Å². The Kier molecular flexibility index (Phi) is 43.9. The van der Waals surface area contributed by atoms with Gasteiger partial charge in [0, 0.05) is 0 Å². The Bertz CT molecular complexity index is 119. The first-order chi connectivity index (χ1) is 4.13. The second-order valence-corrected chi connectivity index (χ2v) is 1.39. The second kappa shape index (κ2) is 19.4. The molecule has 0 aliphatic heterocycles. The number of rotatable bonds is 4. The summed E-state index contributed by atoms with van der Waals surface area (Å²) in [4.78, 5) is 19.5. The molecular formula is C4H12NNa3O5. The van der Waals surface area contributed by atoms with Crippen LogP contribution >= 0.6 is 0 Å². The van der Waals surface area contributed by atoms with Crippen molar-refractivity contribution in [2.45, 2.75) is 0 Å². The number of hydrogen-bond acceptors (Lipinski definition) is 3. The van der Waals surface area contributed by atoms with E-state index in [1.807, 2.05) is 0 Å². The molecule has 0 radical (unpaired) electrons. The van der Waals surface area contributed by atoms with Crippen molar-refractivity contribution in [1.82, 2.24) is 5.32 Å². The normalized spacial score (nSPS) is 6.15. The van der Waals surface area contributed by atoms with Gasteiger partial charge in [0.1, 0.15) is 0 Å². The van der Waals surface area contributed by atoms with Crippen LogP contribution in [0.15, 0.2) is 0 Å². The van der Waals surface area contributed by atoms with Gasteiger partial charge in [-0.25, -0.2) is 0 Å². The van der Waals surface area contributed by atoms with Crippen LogP contribution in [0, 0.1) is 0 Å². The quantitative estimate of drug-likeness (QED) is 0.419. The average molecular weight is 223 g/mol. The van der Waals surface area contributed by atoms with E-state index in [2.05, 4.69) is 5.32 Å². The Labute approximate surface area is 142 Å². The predicted octanol–water partition coefficient (Wildman–Crippen LogP) is -4.02. The first kappa shape index (κ1) is 29.4. The first-order valence-corrected chi connectivity index (χ1v) is 2.27. The van der Waals surface area contributed by atoms with Gasteiger partial charge >= 0.3 is 101 Å². The Hall–Kier alpha value is 1.86. The number of carboxylic acids is 2. The summed E-state index contributed by atoms with van der Waals surface area (Å²) in [6.07, 6.45) is 0. The summed E-state index contributed by atoms with van der Waals surface area (Å²) < 4.78 is 0. The summed E-state index contributed by atoms with van der Waals surface area (Å²) in [5, 5.41) is 18.1. The van der Waals surface area contributed by atoms with Crippen molar-refractivity contribution in [1.29, 1.82) is 0 Å². The van der Waals surface area contributed by atoms with Crippen LogP contribution in [0.3, 0.4) is 0 Å². The van der Waals surface area contributed by atoms with E-state index < -0.39 is 11.9 Å². The van der Waals surface area contributed by atoms with Crippen molar-refractivity contribution in [3.05, 3.63) is 0 Å². The van der Waals surface area contributed by atoms with Gasteiger partial charge in [-0.15, -0.1) is 0 Å². The Morgan fingerprint density at radius 1 is 0.923 bits per heavy atom. The zero-order valence-electron chi connectivity index (χ0n) is 5.13. The van der Waals surface area contributed by atoms with E-state index in [4.69, 9.17) is 10.2 Å². The maximum absolute atomic E-state index is 9.73. The maximum atomic E-state index is 9.73. The molecule has 0 spiro atoms. The molecule has 66 valence electrons. The van der Waals surface area contributed by atoms with Crippen LogP contribution in [-0.4, -0.2) is 129 Å². The molecule has 13 heavy (non-hydrogen) atoms. The molecular weight excluding hydrogens is 211 g/mol. The molecule has 0 aromatic heterocycles. The molecule has 0 aromatic carbocycles. The Morgan fingerprint density at radius 2 is 1.15 bits per heavy atom. The van der Waals surface area contributed by atoms with Gasteiger partial charge < -0.3 is 15.7 Å². The fourth-order valence-corrected chi connectivity index (χ4v) is 0.276. The van der Waals surface area contributed by atoms with Crippen molar-refractivity contribution in [2.24, 2.45) is 0 Å². The van der Waals surface area contributed by atoms with Gasteiger partial charge in [0.15, 0.2) is 0 Å². The van der Waals surface area contributed by atoms with Gasteiger partial charge in [-0.1, -0.05) is 0 Å². The average Bonchev–Trinajstić information content (AvgIpc) is 1.63. The molecule has 0 unspecified atom stereocenters. The van der Waals surface area contributed by atoms with E-state index in [1.54, 1.807) is 0 Å².